The topological polar surface area (TPSA) is 136 Å². The molecule has 2 rings (SSSR count). The lowest BCUT2D eigenvalue weighted by Crippen LogP contribution is -2.35. The van der Waals surface area contributed by atoms with E-state index in [1.54, 1.807) is 6.92 Å². The molecule has 0 atom stereocenters. The number of aromatic nitrogens is 4. The zero-order valence-electron chi connectivity index (χ0n) is 12.6. The monoisotopic (exact) mass is 372 g/mol. The Bertz CT molecular complexity index is 860. The van der Waals surface area contributed by atoms with E-state index < -0.39 is 16.1 Å². The van der Waals surface area contributed by atoms with Gasteiger partial charge < -0.3 is 4.74 Å². The quantitative estimate of drug-likeness (QED) is 0.736. The summed E-state index contributed by atoms with van der Waals surface area (Å²) < 4.78 is 31.2. The van der Waals surface area contributed by atoms with Crippen LogP contribution < -0.4 is 14.8 Å². The van der Waals surface area contributed by atoms with Crippen molar-refractivity contribution in [2.24, 2.45) is 0 Å². The number of nitrogens with one attached hydrogen (secondary N) is 2. The van der Waals surface area contributed by atoms with Crippen LogP contribution in [0, 0.1) is 6.92 Å². The Kier molecular flexibility index (Phi) is 5.46. The highest BCUT2D eigenvalue weighted by Gasteiger charge is 2.22. The number of aryl methyl sites for hydroxylation is 1. The number of methoxy groups -OCH3 is 1. The molecular formula is C12H13ClN6O4S. The van der Waals surface area contributed by atoms with E-state index in [0.29, 0.717) is 0 Å². The molecule has 12 heteroatoms. The molecule has 0 aliphatic rings. The summed E-state index contributed by atoms with van der Waals surface area (Å²) in [6, 6.07) is 1.64. The molecule has 2 amide bonds. The number of carbonyl (C=O) groups excluding carboxylic acids is 1. The number of hydrogen-bond acceptors (Lipinski definition) is 8. The van der Waals surface area contributed by atoms with Crippen LogP contribution in [0.3, 0.4) is 0 Å². The molecule has 128 valence electrons. The summed E-state index contributed by atoms with van der Waals surface area (Å²) in [6.45, 7) is 1.56. The van der Waals surface area contributed by atoms with Crippen LogP contribution in [-0.4, -0.2) is 41.5 Å². The van der Waals surface area contributed by atoms with Gasteiger partial charge in [-0.15, -0.1) is 11.6 Å². The molecule has 0 aliphatic heterocycles. The van der Waals surface area contributed by atoms with E-state index in [9.17, 15) is 13.2 Å². The van der Waals surface area contributed by atoms with E-state index >= 15 is 0 Å². The van der Waals surface area contributed by atoms with Crippen molar-refractivity contribution in [3.8, 4) is 6.01 Å². The van der Waals surface area contributed by atoms with Gasteiger partial charge in [0, 0.05) is 6.20 Å². The normalized spacial score (nSPS) is 11.0. The molecule has 0 radical (unpaired) electrons. The standard InChI is InChI=1S/C12H13ClN6O4S/c1-7-15-10(18-12(16-7)23-2)17-11(20)19-24(21,22)9-4-3-5-14-8(9)6-13/h3-5H,6H2,1-2H3,(H2,15,16,17,18,19,20). The predicted octanol–water partition coefficient (Wildman–Crippen LogP) is 0.833. The molecule has 0 saturated carbocycles. The Balaban J connectivity index is 2.18. The maximum Gasteiger partial charge on any atom is 0.335 e. The smallest absolute Gasteiger partial charge is 0.335 e. The summed E-state index contributed by atoms with van der Waals surface area (Å²) in [4.78, 5) is 27.1. The number of amides is 2. The number of halogens is 1. The van der Waals surface area contributed by atoms with Crippen molar-refractivity contribution < 1.29 is 17.9 Å². The molecule has 0 spiro atoms. The van der Waals surface area contributed by atoms with Crippen LogP contribution in [0.25, 0.3) is 0 Å². The van der Waals surface area contributed by atoms with Crippen molar-refractivity contribution in [3.05, 3.63) is 29.8 Å². The number of nitrogens with zero attached hydrogens (tertiary/aromatic N) is 4. The number of rotatable bonds is 5. The maximum absolute atomic E-state index is 12.3. The second-order valence-corrected chi connectivity index (χ2v) is 6.25. The number of urea groups is 1. The molecule has 10 nitrogen and oxygen atoms in total. The van der Waals surface area contributed by atoms with Gasteiger partial charge in [0.05, 0.1) is 18.7 Å². The Hall–Kier alpha value is -2.53. The largest absolute Gasteiger partial charge is 0.467 e. The lowest BCUT2D eigenvalue weighted by molar-refractivity contribution is 0.256. The highest BCUT2D eigenvalue weighted by molar-refractivity contribution is 7.90. The number of carbonyl (C=O) groups is 1. The van der Waals surface area contributed by atoms with Crippen LogP contribution in [0.1, 0.15) is 11.5 Å². The van der Waals surface area contributed by atoms with Crippen LogP contribution in [0.4, 0.5) is 10.7 Å². The second kappa shape index (κ2) is 7.36. The highest BCUT2D eigenvalue weighted by atomic mass is 35.5. The summed E-state index contributed by atoms with van der Waals surface area (Å²) in [6.07, 6.45) is 1.40. The van der Waals surface area contributed by atoms with Crippen molar-refractivity contribution in [2.45, 2.75) is 17.7 Å². The van der Waals surface area contributed by atoms with E-state index in [4.69, 9.17) is 16.3 Å². The molecule has 2 heterocycles. The van der Waals surface area contributed by atoms with Crippen molar-refractivity contribution in [2.75, 3.05) is 12.4 Å². The van der Waals surface area contributed by atoms with E-state index in [1.807, 2.05) is 4.72 Å². The number of anilines is 1. The number of alkyl halides is 1. The fourth-order valence-corrected chi connectivity index (χ4v) is 3.07. The summed E-state index contributed by atoms with van der Waals surface area (Å²) in [5.74, 6) is 0.00948. The number of hydrogen-bond donors (Lipinski definition) is 2. The Morgan fingerprint density at radius 1 is 1.33 bits per heavy atom. The summed E-state index contributed by atoms with van der Waals surface area (Å²) in [5, 5.41) is 2.20. The van der Waals surface area contributed by atoms with Gasteiger partial charge in [-0.05, 0) is 19.1 Å². The Morgan fingerprint density at radius 2 is 2.08 bits per heavy atom. The average molecular weight is 373 g/mol. The number of ether oxygens (including phenoxy) is 1. The van der Waals surface area contributed by atoms with Crippen molar-refractivity contribution in [3.63, 3.8) is 0 Å². The van der Waals surface area contributed by atoms with Gasteiger partial charge in [-0.1, -0.05) is 0 Å². The number of pyridine rings is 1. The fraction of sp³-hybridized carbons (Fsp3) is 0.250. The van der Waals surface area contributed by atoms with Gasteiger partial charge in [0.25, 0.3) is 10.0 Å². The third-order valence-electron chi connectivity index (χ3n) is 2.63. The van der Waals surface area contributed by atoms with Crippen LogP contribution in [0.5, 0.6) is 6.01 Å². The lowest BCUT2D eigenvalue weighted by Gasteiger charge is -2.10. The highest BCUT2D eigenvalue weighted by Crippen LogP contribution is 2.15. The van der Waals surface area contributed by atoms with Gasteiger partial charge in [0.2, 0.25) is 5.95 Å². The van der Waals surface area contributed by atoms with Gasteiger partial charge in [0.15, 0.2) is 0 Å². The molecule has 0 fully saturated rings. The molecule has 0 bridgehead atoms. The van der Waals surface area contributed by atoms with Crippen molar-refractivity contribution >= 4 is 33.6 Å². The summed E-state index contributed by atoms with van der Waals surface area (Å²) in [7, 11) is -2.81. The predicted molar refractivity (Wildman–Crippen MR) is 84.3 cm³/mol. The molecule has 24 heavy (non-hydrogen) atoms. The number of sulfonamides is 1. The molecular weight excluding hydrogens is 360 g/mol. The van der Waals surface area contributed by atoms with Crippen molar-refractivity contribution in [1.29, 1.82) is 0 Å². The molecule has 0 unspecified atom stereocenters. The van der Waals surface area contributed by atoms with E-state index in [0.717, 1.165) is 0 Å². The first-order valence-corrected chi connectivity index (χ1v) is 8.48. The van der Waals surface area contributed by atoms with E-state index in [2.05, 4.69) is 25.3 Å². The minimum atomic E-state index is -4.16. The molecule has 0 aliphatic carbocycles. The van der Waals surface area contributed by atoms with Gasteiger partial charge in [-0.25, -0.2) is 17.9 Å². The van der Waals surface area contributed by atoms with Crippen LogP contribution >= 0.6 is 11.6 Å². The first-order chi connectivity index (χ1) is 11.4. The van der Waals surface area contributed by atoms with Gasteiger partial charge in [-0.2, -0.15) is 15.0 Å². The lowest BCUT2D eigenvalue weighted by atomic mass is 10.4. The molecule has 2 aromatic rings. The zero-order chi connectivity index (χ0) is 17.7. The van der Waals surface area contributed by atoms with Gasteiger partial charge >= 0.3 is 12.0 Å². The minimum Gasteiger partial charge on any atom is -0.467 e. The molecule has 2 aromatic heterocycles. The van der Waals surface area contributed by atoms with Gasteiger partial charge in [-0.3, -0.25) is 10.3 Å². The molecule has 2 N–H and O–H groups in total. The van der Waals surface area contributed by atoms with Crippen LogP contribution in [-0.2, 0) is 15.9 Å². The van der Waals surface area contributed by atoms with Crippen molar-refractivity contribution in [1.82, 2.24) is 24.7 Å². The van der Waals surface area contributed by atoms with Crippen LogP contribution in [0.15, 0.2) is 23.2 Å². The SMILES string of the molecule is COc1nc(C)nc(NC(=O)NS(=O)(=O)c2cccnc2CCl)n1. The molecule has 0 saturated heterocycles. The second-order valence-electron chi connectivity index (χ2n) is 4.33. The Morgan fingerprint density at radius 3 is 2.75 bits per heavy atom. The first kappa shape index (κ1) is 17.8. The first-order valence-electron chi connectivity index (χ1n) is 6.46. The maximum atomic E-state index is 12.3. The van der Waals surface area contributed by atoms with E-state index in [-0.39, 0.29) is 34.3 Å². The zero-order valence-corrected chi connectivity index (χ0v) is 14.2. The van der Waals surface area contributed by atoms with Gasteiger partial charge in [0.1, 0.15) is 10.7 Å². The third kappa shape index (κ3) is 4.26. The summed E-state index contributed by atoms with van der Waals surface area (Å²) >= 11 is 5.66. The van der Waals surface area contributed by atoms with Crippen LogP contribution in [0.2, 0.25) is 0 Å². The Labute approximate surface area is 142 Å². The fourth-order valence-electron chi connectivity index (χ4n) is 1.68. The average Bonchev–Trinajstić information content (AvgIpc) is 2.53. The molecule has 0 aromatic carbocycles. The third-order valence-corrected chi connectivity index (χ3v) is 4.28. The summed E-state index contributed by atoms with van der Waals surface area (Å²) in [5.41, 5.74) is 0.122. The van der Waals surface area contributed by atoms with E-state index in [1.165, 1.54) is 25.4 Å². The minimum absolute atomic E-state index is 0.0163.